The number of rotatable bonds is 7. The third-order valence-corrected chi connectivity index (χ3v) is 2.99. The molecule has 0 saturated carbocycles. The van der Waals surface area contributed by atoms with Gasteiger partial charge in [0.2, 0.25) is 0 Å². The Kier molecular flexibility index (Phi) is 5.50. The maximum Gasteiger partial charge on any atom is 0.339 e. The summed E-state index contributed by atoms with van der Waals surface area (Å²) in [4.78, 5) is 25.1. The van der Waals surface area contributed by atoms with Crippen LogP contribution in [0, 0.1) is 0 Å². The molecule has 1 amide bonds. The first-order valence-electron chi connectivity index (χ1n) is 6.27. The highest BCUT2D eigenvalue weighted by atomic mass is 16.4. The standard InChI is InChI=1S/C12H20N4O3/c1-4-16(5-2)7-6-13-11(17)10-9(12(18)19)8-14-15(10)3/h8H,4-7H2,1-3H3,(H,13,17)(H,18,19). The van der Waals surface area contributed by atoms with Gasteiger partial charge >= 0.3 is 5.97 Å². The van der Waals surface area contributed by atoms with Crippen LogP contribution in [0.15, 0.2) is 6.20 Å². The molecule has 0 aliphatic rings. The van der Waals surface area contributed by atoms with Gasteiger partial charge in [-0.15, -0.1) is 0 Å². The molecular weight excluding hydrogens is 248 g/mol. The van der Waals surface area contributed by atoms with Crippen LogP contribution < -0.4 is 5.32 Å². The summed E-state index contributed by atoms with van der Waals surface area (Å²) in [5.74, 6) is -1.56. The fourth-order valence-electron chi connectivity index (χ4n) is 1.81. The number of nitrogens with zero attached hydrogens (tertiary/aromatic N) is 3. The van der Waals surface area contributed by atoms with Crippen LogP contribution in [0.1, 0.15) is 34.7 Å². The Morgan fingerprint density at radius 3 is 2.58 bits per heavy atom. The van der Waals surface area contributed by atoms with Gasteiger partial charge in [-0.2, -0.15) is 5.10 Å². The Balaban J connectivity index is 2.64. The maximum atomic E-state index is 12.0. The smallest absolute Gasteiger partial charge is 0.339 e. The van der Waals surface area contributed by atoms with E-state index < -0.39 is 11.9 Å². The van der Waals surface area contributed by atoms with E-state index in [9.17, 15) is 9.59 Å². The molecule has 0 unspecified atom stereocenters. The number of hydrogen-bond acceptors (Lipinski definition) is 4. The normalized spacial score (nSPS) is 10.7. The lowest BCUT2D eigenvalue weighted by Crippen LogP contribution is -2.36. The fourth-order valence-corrected chi connectivity index (χ4v) is 1.81. The van der Waals surface area contributed by atoms with Crippen LogP contribution in [0.25, 0.3) is 0 Å². The lowest BCUT2D eigenvalue weighted by Gasteiger charge is -2.18. The first-order chi connectivity index (χ1) is 9.01. The number of carboxylic acid groups (broad SMARTS) is 1. The van der Waals surface area contributed by atoms with Gasteiger partial charge in [0.15, 0.2) is 0 Å². The average molecular weight is 268 g/mol. The Bertz CT molecular complexity index is 452. The number of carboxylic acids is 1. The molecule has 1 aromatic rings. The van der Waals surface area contributed by atoms with Crippen molar-refractivity contribution in [1.29, 1.82) is 0 Å². The zero-order valence-electron chi connectivity index (χ0n) is 11.5. The molecule has 0 spiro atoms. The number of nitrogens with one attached hydrogen (secondary N) is 1. The number of likely N-dealkylation sites (N-methyl/N-ethyl adjacent to an activating group) is 1. The fraction of sp³-hybridized carbons (Fsp3) is 0.583. The van der Waals surface area contributed by atoms with Crippen molar-refractivity contribution < 1.29 is 14.7 Å². The predicted molar refractivity (Wildman–Crippen MR) is 70.3 cm³/mol. The highest BCUT2D eigenvalue weighted by molar-refractivity contribution is 6.03. The Morgan fingerprint density at radius 1 is 1.42 bits per heavy atom. The van der Waals surface area contributed by atoms with E-state index in [1.54, 1.807) is 7.05 Å². The number of aryl methyl sites for hydroxylation is 1. The second kappa shape index (κ2) is 6.89. The quantitative estimate of drug-likeness (QED) is 0.737. The van der Waals surface area contributed by atoms with Crippen LogP contribution in [0.3, 0.4) is 0 Å². The summed E-state index contributed by atoms with van der Waals surface area (Å²) < 4.78 is 1.27. The second-order valence-corrected chi connectivity index (χ2v) is 4.12. The summed E-state index contributed by atoms with van der Waals surface area (Å²) in [6, 6.07) is 0. The Labute approximate surface area is 112 Å². The van der Waals surface area contributed by atoms with Crippen molar-refractivity contribution in [1.82, 2.24) is 20.0 Å². The van der Waals surface area contributed by atoms with Gasteiger partial charge in [-0.1, -0.05) is 13.8 Å². The molecule has 2 N–H and O–H groups in total. The predicted octanol–water partition coefficient (Wildman–Crippen LogP) is 0.190. The van der Waals surface area contributed by atoms with Gasteiger partial charge in [0.05, 0.1) is 6.20 Å². The summed E-state index contributed by atoms with van der Waals surface area (Å²) in [6.45, 7) is 7.14. The number of hydrogen-bond donors (Lipinski definition) is 2. The van der Waals surface area contributed by atoms with Gasteiger partial charge in [-0.3, -0.25) is 9.48 Å². The first-order valence-corrected chi connectivity index (χ1v) is 6.27. The van der Waals surface area contributed by atoms with Crippen LogP contribution >= 0.6 is 0 Å². The zero-order chi connectivity index (χ0) is 14.4. The molecular formula is C12H20N4O3. The average Bonchev–Trinajstić information content (AvgIpc) is 2.76. The van der Waals surface area contributed by atoms with E-state index in [1.807, 2.05) is 0 Å². The highest BCUT2D eigenvalue weighted by Gasteiger charge is 2.21. The van der Waals surface area contributed by atoms with Crippen molar-refractivity contribution in [3.63, 3.8) is 0 Å². The number of aromatic carboxylic acids is 1. The minimum Gasteiger partial charge on any atom is -0.478 e. The molecule has 1 heterocycles. The van der Waals surface area contributed by atoms with E-state index >= 15 is 0 Å². The third-order valence-electron chi connectivity index (χ3n) is 2.99. The van der Waals surface area contributed by atoms with Gasteiger partial charge < -0.3 is 15.3 Å². The molecule has 0 saturated heterocycles. The van der Waals surface area contributed by atoms with Crippen LogP contribution in [-0.2, 0) is 7.05 Å². The minimum absolute atomic E-state index is 0.0760. The largest absolute Gasteiger partial charge is 0.478 e. The molecule has 19 heavy (non-hydrogen) atoms. The van der Waals surface area contributed by atoms with E-state index in [0.29, 0.717) is 6.54 Å². The molecule has 0 aliphatic carbocycles. The lowest BCUT2D eigenvalue weighted by molar-refractivity contribution is 0.0690. The number of carbonyl (C=O) groups is 2. The summed E-state index contributed by atoms with van der Waals surface area (Å²) in [5.41, 5.74) is -0.00474. The lowest BCUT2D eigenvalue weighted by atomic mass is 10.2. The molecule has 0 aliphatic heterocycles. The van der Waals surface area contributed by atoms with Crippen molar-refractivity contribution in [2.45, 2.75) is 13.8 Å². The van der Waals surface area contributed by atoms with E-state index in [2.05, 4.69) is 29.2 Å². The summed E-state index contributed by atoms with van der Waals surface area (Å²) >= 11 is 0. The minimum atomic E-state index is -1.15. The summed E-state index contributed by atoms with van der Waals surface area (Å²) in [7, 11) is 1.55. The molecule has 0 atom stereocenters. The van der Waals surface area contributed by atoms with E-state index in [0.717, 1.165) is 19.6 Å². The van der Waals surface area contributed by atoms with Crippen molar-refractivity contribution in [2.24, 2.45) is 7.05 Å². The summed E-state index contributed by atoms with van der Waals surface area (Å²) in [6.07, 6.45) is 1.18. The van der Waals surface area contributed by atoms with Gasteiger partial charge in [0, 0.05) is 20.1 Å². The Hall–Kier alpha value is -1.89. The van der Waals surface area contributed by atoms with Crippen molar-refractivity contribution in [2.75, 3.05) is 26.2 Å². The van der Waals surface area contributed by atoms with E-state index in [1.165, 1.54) is 10.9 Å². The van der Waals surface area contributed by atoms with E-state index in [4.69, 9.17) is 5.11 Å². The van der Waals surface area contributed by atoms with Crippen molar-refractivity contribution >= 4 is 11.9 Å². The highest BCUT2D eigenvalue weighted by Crippen LogP contribution is 2.07. The molecule has 0 radical (unpaired) electrons. The molecule has 0 bridgehead atoms. The molecule has 7 nitrogen and oxygen atoms in total. The molecule has 0 fully saturated rings. The number of aromatic nitrogens is 2. The van der Waals surface area contributed by atoms with Crippen LogP contribution in [0.5, 0.6) is 0 Å². The first kappa shape index (κ1) is 15.2. The number of carbonyl (C=O) groups excluding carboxylic acids is 1. The zero-order valence-corrected chi connectivity index (χ0v) is 11.5. The van der Waals surface area contributed by atoms with Crippen LogP contribution in [0.4, 0.5) is 0 Å². The maximum absolute atomic E-state index is 12.0. The molecule has 0 aromatic carbocycles. The van der Waals surface area contributed by atoms with Gasteiger partial charge in [-0.25, -0.2) is 4.79 Å². The summed E-state index contributed by atoms with van der Waals surface area (Å²) in [5, 5.41) is 15.5. The molecule has 1 aromatic heterocycles. The van der Waals surface area contributed by atoms with Crippen molar-refractivity contribution in [3.05, 3.63) is 17.5 Å². The van der Waals surface area contributed by atoms with Gasteiger partial charge in [-0.05, 0) is 13.1 Å². The van der Waals surface area contributed by atoms with Crippen LogP contribution in [-0.4, -0.2) is 57.8 Å². The van der Waals surface area contributed by atoms with Gasteiger partial charge in [0.1, 0.15) is 11.3 Å². The second-order valence-electron chi connectivity index (χ2n) is 4.12. The molecule has 7 heteroatoms. The Morgan fingerprint density at radius 2 is 2.05 bits per heavy atom. The molecule has 1 rings (SSSR count). The SMILES string of the molecule is CCN(CC)CCNC(=O)c1c(C(=O)O)cnn1C. The third kappa shape index (κ3) is 3.78. The van der Waals surface area contributed by atoms with E-state index in [-0.39, 0.29) is 11.3 Å². The van der Waals surface area contributed by atoms with Crippen molar-refractivity contribution in [3.8, 4) is 0 Å². The topological polar surface area (TPSA) is 87.5 Å². The molecule has 106 valence electrons. The monoisotopic (exact) mass is 268 g/mol. The van der Waals surface area contributed by atoms with Gasteiger partial charge in [0.25, 0.3) is 5.91 Å². The van der Waals surface area contributed by atoms with Crippen LogP contribution in [0.2, 0.25) is 0 Å². The number of amides is 1.